The number of piperidine rings is 1. The van der Waals surface area contributed by atoms with Crippen molar-refractivity contribution in [1.29, 1.82) is 0 Å². The van der Waals surface area contributed by atoms with Gasteiger partial charge in [0.05, 0.1) is 12.3 Å². The molecule has 2 rings (SSSR count). The molecule has 1 saturated heterocycles. The van der Waals surface area contributed by atoms with Gasteiger partial charge in [-0.1, -0.05) is 18.8 Å². The van der Waals surface area contributed by atoms with Crippen molar-refractivity contribution in [3.63, 3.8) is 0 Å². The normalized spacial score (nSPS) is 15.9. The van der Waals surface area contributed by atoms with Gasteiger partial charge < -0.3 is 5.11 Å². The number of hydrogen-bond donors (Lipinski definition) is 1. The second kappa shape index (κ2) is 6.51. The van der Waals surface area contributed by atoms with E-state index in [-0.39, 0.29) is 42.9 Å². The summed E-state index contributed by atoms with van der Waals surface area (Å²) in [7, 11) is 0. The topological polar surface area (TPSA) is 57.6 Å². The number of aliphatic hydroxyl groups excluding tert-OH is 1. The average Bonchev–Trinajstić information content (AvgIpc) is 2.40. The molecule has 0 aliphatic carbocycles. The molecule has 1 aromatic carbocycles. The molecule has 1 heterocycles. The highest BCUT2D eigenvalue weighted by atomic mass is 19.1. The summed E-state index contributed by atoms with van der Waals surface area (Å²) in [4.78, 5) is 24.8. The summed E-state index contributed by atoms with van der Waals surface area (Å²) in [5.41, 5.74) is 0.416. The van der Waals surface area contributed by atoms with E-state index in [4.69, 9.17) is 5.11 Å². The van der Waals surface area contributed by atoms with Gasteiger partial charge in [-0.05, 0) is 24.1 Å². The first-order valence-electron chi connectivity index (χ1n) is 6.78. The summed E-state index contributed by atoms with van der Waals surface area (Å²) in [5, 5.41) is 8.63. The number of carbonyl (C=O) groups is 2. The van der Waals surface area contributed by atoms with E-state index in [2.05, 4.69) is 11.8 Å². The molecule has 5 heteroatoms. The molecule has 4 nitrogen and oxygen atoms in total. The minimum absolute atomic E-state index is 0.00654. The number of carbonyl (C=O) groups excluding carboxylic acids is 2. The average molecular weight is 289 g/mol. The van der Waals surface area contributed by atoms with Gasteiger partial charge in [-0.2, -0.15) is 0 Å². The van der Waals surface area contributed by atoms with Gasteiger partial charge in [0.1, 0.15) is 5.82 Å². The molecule has 0 atom stereocenters. The second-order valence-electron chi connectivity index (χ2n) is 5.08. The monoisotopic (exact) mass is 289 g/mol. The fourth-order valence-electron chi connectivity index (χ4n) is 2.25. The van der Waals surface area contributed by atoms with Crippen LogP contribution < -0.4 is 4.90 Å². The summed E-state index contributed by atoms with van der Waals surface area (Å²) in [6.07, 6.45) is 0.789. The number of benzene rings is 1. The van der Waals surface area contributed by atoms with Gasteiger partial charge in [0.2, 0.25) is 11.8 Å². The summed E-state index contributed by atoms with van der Waals surface area (Å²) in [6.45, 7) is 1.77. The Kier molecular flexibility index (Phi) is 4.71. The van der Waals surface area contributed by atoms with Crippen LogP contribution in [-0.2, 0) is 9.59 Å². The molecule has 0 spiro atoms. The number of hydrogen-bond acceptors (Lipinski definition) is 3. The number of halogens is 1. The zero-order valence-corrected chi connectivity index (χ0v) is 11.7. The van der Waals surface area contributed by atoms with Crippen molar-refractivity contribution in [3.8, 4) is 11.8 Å². The molecular weight excluding hydrogens is 273 g/mol. The maximum Gasteiger partial charge on any atom is 0.234 e. The highest BCUT2D eigenvalue weighted by molar-refractivity contribution is 6.16. The summed E-state index contributed by atoms with van der Waals surface area (Å²) < 4.78 is 14.1. The Labute approximate surface area is 122 Å². The van der Waals surface area contributed by atoms with E-state index < -0.39 is 5.82 Å². The Hall–Kier alpha value is -2.19. The lowest BCUT2D eigenvalue weighted by molar-refractivity contribution is -0.130. The third-order valence-electron chi connectivity index (χ3n) is 3.20. The van der Waals surface area contributed by atoms with E-state index in [9.17, 15) is 14.0 Å². The smallest absolute Gasteiger partial charge is 0.234 e. The van der Waals surface area contributed by atoms with Crippen LogP contribution in [0.2, 0.25) is 0 Å². The number of nitrogens with zero attached hydrogens (tertiary/aromatic N) is 1. The van der Waals surface area contributed by atoms with Crippen LogP contribution in [0.1, 0.15) is 31.7 Å². The molecule has 2 amide bonds. The minimum atomic E-state index is -0.651. The number of imide groups is 1. The zero-order valence-electron chi connectivity index (χ0n) is 11.7. The molecule has 1 fully saturated rings. The molecule has 0 aromatic heterocycles. The number of amides is 2. The van der Waals surface area contributed by atoms with Gasteiger partial charge in [-0.25, -0.2) is 9.29 Å². The van der Waals surface area contributed by atoms with Crippen LogP contribution >= 0.6 is 0 Å². The Morgan fingerprint density at radius 2 is 2.00 bits per heavy atom. The first-order valence-corrected chi connectivity index (χ1v) is 6.78. The molecule has 0 bridgehead atoms. The maximum atomic E-state index is 14.1. The molecule has 1 aliphatic rings. The van der Waals surface area contributed by atoms with Crippen molar-refractivity contribution in [3.05, 3.63) is 29.6 Å². The van der Waals surface area contributed by atoms with Gasteiger partial charge in [0, 0.05) is 24.8 Å². The molecule has 1 aromatic rings. The van der Waals surface area contributed by atoms with Crippen LogP contribution in [0.3, 0.4) is 0 Å². The molecule has 0 unspecified atom stereocenters. The first kappa shape index (κ1) is 15.2. The van der Waals surface area contributed by atoms with Crippen molar-refractivity contribution in [2.45, 2.75) is 26.2 Å². The minimum Gasteiger partial charge on any atom is -0.395 e. The third-order valence-corrected chi connectivity index (χ3v) is 3.20. The first-order chi connectivity index (χ1) is 10.0. The van der Waals surface area contributed by atoms with Crippen LogP contribution in [0.25, 0.3) is 0 Å². The molecule has 1 N–H and O–H groups in total. The SMILES string of the molecule is CC1CC(=O)N(c2ccc(C#CCCO)cc2F)C(=O)C1. The van der Waals surface area contributed by atoms with Crippen LogP contribution in [0.5, 0.6) is 0 Å². The summed E-state index contributed by atoms with van der Waals surface area (Å²) in [6, 6.07) is 4.14. The highest BCUT2D eigenvalue weighted by Crippen LogP contribution is 2.27. The van der Waals surface area contributed by atoms with E-state index in [1.54, 1.807) is 6.07 Å². The molecule has 110 valence electrons. The zero-order chi connectivity index (χ0) is 15.4. The van der Waals surface area contributed by atoms with Crippen molar-refractivity contribution in [1.82, 2.24) is 0 Å². The van der Waals surface area contributed by atoms with E-state index in [1.165, 1.54) is 12.1 Å². The lowest BCUT2D eigenvalue weighted by Gasteiger charge is -2.28. The number of aliphatic hydroxyl groups is 1. The fourth-order valence-corrected chi connectivity index (χ4v) is 2.25. The lowest BCUT2D eigenvalue weighted by Crippen LogP contribution is -2.43. The van der Waals surface area contributed by atoms with Crippen molar-refractivity contribution < 1.29 is 19.1 Å². The fraction of sp³-hybridized carbons (Fsp3) is 0.375. The second-order valence-corrected chi connectivity index (χ2v) is 5.08. The van der Waals surface area contributed by atoms with E-state index in [0.717, 1.165) is 4.90 Å². The Morgan fingerprint density at radius 1 is 1.33 bits per heavy atom. The van der Waals surface area contributed by atoms with Crippen LogP contribution in [0, 0.1) is 23.6 Å². The molecule has 0 saturated carbocycles. The quantitative estimate of drug-likeness (QED) is 0.667. The standard InChI is InChI=1S/C16H16FNO3/c1-11-8-15(20)18(16(21)9-11)14-6-5-12(10-13(14)17)4-2-3-7-19/h5-6,10-11,19H,3,7-9H2,1H3. The molecule has 1 aliphatic heterocycles. The third kappa shape index (κ3) is 3.47. The van der Waals surface area contributed by atoms with Gasteiger partial charge in [0.15, 0.2) is 0 Å². The van der Waals surface area contributed by atoms with Crippen LogP contribution in [-0.4, -0.2) is 23.5 Å². The highest BCUT2D eigenvalue weighted by Gasteiger charge is 2.32. The number of rotatable bonds is 2. The summed E-state index contributed by atoms with van der Waals surface area (Å²) >= 11 is 0. The Morgan fingerprint density at radius 3 is 2.57 bits per heavy atom. The predicted octanol–water partition coefficient (Wildman–Crippen LogP) is 1.85. The Balaban J connectivity index is 2.27. The Bertz CT molecular complexity index is 612. The van der Waals surface area contributed by atoms with Gasteiger partial charge >= 0.3 is 0 Å². The van der Waals surface area contributed by atoms with Gasteiger partial charge in [-0.3, -0.25) is 9.59 Å². The van der Waals surface area contributed by atoms with E-state index in [1.807, 2.05) is 6.92 Å². The summed E-state index contributed by atoms with van der Waals surface area (Å²) in [5.74, 6) is 3.98. The number of anilines is 1. The largest absolute Gasteiger partial charge is 0.395 e. The predicted molar refractivity (Wildman–Crippen MR) is 75.9 cm³/mol. The van der Waals surface area contributed by atoms with Crippen LogP contribution in [0.4, 0.5) is 10.1 Å². The molecular formula is C16H16FNO3. The van der Waals surface area contributed by atoms with Gasteiger partial charge in [0.25, 0.3) is 0 Å². The lowest BCUT2D eigenvalue weighted by atomic mass is 9.97. The van der Waals surface area contributed by atoms with E-state index >= 15 is 0 Å². The maximum absolute atomic E-state index is 14.1. The van der Waals surface area contributed by atoms with Crippen LogP contribution in [0.15, 0.2) is 18.2 Å². The van der Waals surface area contributed by atoms with E-state index in [0.29, 0.717) is 12.0 Å². The van der Waals surface area contributed by atoms with Gasteiger partial charge in [-0.15, -0.1) is 0 Å². The van der Waals surface area contributed by atoms with Crippen molar-refractivity contribution in [2.75, 3.05) is 11.5 Å². The van der Waals surface area contributed by atoms with Crippen molar-refractivity contribution in [2.24, 2.45) is 5.92 Å². The molecule has 0 radical (unpaired) electrons. The molecule has 21 heavy (non-hydrogen) atoms. The van der Waals surface area contributed by atoms with Crippen molar-refractivity contribution >= 4 is 17.5 Å².